The Morgan fingerprint density at radius 1 is 0.952 bits per heavy atom. The minimum absolute atomic E-state index is 0.0966. The summed E-state index contributed by atoms with van der Waals surface area (Å²) in [6.45, 7) is 14.1. The van der Waals surface area contributed by atoms with Crippen molar-refractivity contribution in [2.75, 3.05) is 6.54 Å². The number of rotatable bonds is 4. The molecule has 0 amide bonds. The molecular formula is C18H24BrNO. The Labute approximate surface area is 136 Å². The molecule has 0 bridgehead atoms. The lowest BCUT2D eigenvalue weighted by molar-refractivity contribution is 0.436. The second-order valence-corrected chi connectivity index (χ2v) is 6.45. The van der Waals surface area contributed by atoms with Gasteiger partial charge in [0.05, 0.1) is 6.04 Å². The maximum atomic E-state index is 5.83. The summed E-state index contributed by atoms with van der Waals surface area (Å²) in [6, 6.07) is 4.10. The van der Waals surface area contributed by atoms with E-state index in [-0.39, 0.29) is 6.04 Å². The van der Waals surface area contributed by atoms with Gasteiger partial charge in [0.1, 0.15) is 5.76 Å². The summed E-state index contributed by atoms with van der Waals surface area (Å²) in [6.07, 6.45) is 0. The van der Waals surface area contributed by atoms with Crippen molar-refractivity contribution < 1.29 is 4.42 Å². The van der Waals surface area contributed by atoms with Gasteiger partial charge in [0.15, 0.2) is 4.67 Å². The first kappa shape index (κ1) is 16.3. The highest BCUT2D eigenvalue weighted by Crippen LogP contribution is 2.34. The predicted molar refractivity (Wildman–Crippen MR) is 92.1 cm³/mol. The highest BCUT2D eigenvalue weighted by molar-refractivity contribution is 9.10. The molecule has 0 spiro atoms. The standard InChI is InChI=1S/C18H24BrNO/c1-7-20-18(15-8-9-16(19)21-15)17-13(5)11(3)10(2)12(4)14(17)6/h8-9,18,20H,7H2,1-6H3. The fourth-order valence-corrected chi connectivity index (χ4v) is 3.31. The number of furan rings is 1. The fourth-order valence-electron chi connectivity index (χ4n) is 2.99. The van der Waals surface area contributed by atoms with Crippen molar-refractivity contribution in [3.8, 4) is 0 Å². The van der Waals surface area contributed by atoms with Crippen LogP contribution < -0.4 is 5.32 Å². The van der Waals surface area contributed by atoms with Crippen LogP contribution in [0.2, 0.25) is 0 Å². The molecule has 0 radical (unpaired) electrons. The molecule has 1 heterocycles. The van der Waals surface area contributed by atoms with Gasteiger partial charge in [0.25, 0.3) is 0 Å². The summed E-state index contributed by atoms with van der Waals surface area (Å²) in [5, 5.41) is 3.57. The molecule has 1 aromatic carbocycles. The van der Waals surface area contributed by atoms with E-state index in [1.165, 1.54) is 33.4 Å². The van der Waals surface area contributed by atoms with E-state index in [1.807, 2.05) is 12.1 Å². The lowest BCUT2D eigenvalue weighted by atomic mass is 9.85. The van der Waals surface area contributed by atoms with Crippen LogP contribution in [-0.2, 0) is 0 Å². The highest BCUT2D eigenvalue weighted by Gasteiger charge is 2.23. The van der Waals surface area contributed by atoms with Crippen molar-refractivity contribution in [3.05, 3.63) is 55.9 Å². The van der Waals surface area contributed by atoms with Crippen LogP contribution in [-0.4, -0.2) is 6.54 Å². The molecule has 0 aliphatic heterocycles. The van der Waals surface area contributed by atoms with E-state index >= 15 is 0 Å². The minimum Gasteiger partial charge on any atom is -0.452 e. The van der Waals surface area contributed by atoms with Crippen molar-refractivity contribution in [1.29, 1.82) is 0 Å². The average molecular weight is 350 g/mol. The smallest absolute Gasteiger partial charge is 0.169 e. The Bertz CT molecular complexity index is 628. The normalized spacial score (nSPS) is 12.7. The van der Waals surface area contributed by atoms with Gasteiger partial charge in [-0.05, 0) is 103 Å². The molecule has 2 nitrogen and oxygen atoms in total. The van der Waals surface area contributed by atoms with Gasteiger partial charge in [-0.25, -0.2) is 0 Å². The maximum Gasteiger partial charge on any atom is 0.169 e. The van der Waals surface area contributed by atoms with Crippen LogP contribution in [0.3, 0.4) is 0 Å². The van der Waals surface area contributed by atoms with Gasteiger partial charge in [0.2, 0.25) is 0 Å². The minimum atomic E-state index is 0.0966. The Balaban J connectivity index is 2.66. The number of hydrogen-bond acceptors (Lipinski definition) is 2. The predicted octanol–water partition coefficient (Wildman–Crippen LogP) is 5.28. The molecule has 0 aliphatic rings. The largest absolute Gasteiger partial charge is 0.452 e. The number of halogens is 1. The molecule has 2 rings (SSSR count). The first-order valence-corrected chi connectivity index (χ1v) is 8.23. The van der Waals surface area contributed by atoms with Crippen LogP contribution in [0.15, 0.2) is 21.2 Å². The Hall–Kier alpha value is -1.06. The Morgan fingerprint density at radius 3 is 1.90 bits per heavy atom. The van der Waals surface area contributed by atoms with E-state index in [1.54, 1.807) is 0 Å². The zero-order valence-corrected chi connectivity index (χ0v) is 15.3. The molecule has 1 aromatic heterocycles. The second kappa shape index (κ2) is 6.37. The molecule has 0 saturated carbocycles. The van der Waals surface area contributed by atoms with E-state index in [0.717, 1.165) is 17.0 Å². The summed E-state index contributed by atoms with van der Waals surface area (Å²) in [4.78, 5) is 0. The van der Waals surface area contributed by atoms with E-state index in [2.05, 4.69) is 62.8 Å². The SMILES string of the molecule is CCNC(c1ccc(Br)o1)c1c(C)c(C)c(C)c(C)c1C. The van der Waals surface area contributed by atoms with Crippen molar-refractivity contribution in [1.82, 2.24) is 5.32 Å². The molecule has 1 N–H and O–H groups in total. The first-order valence-electron chi connectivity index (χ1n) is 7.43. The summed E-state index contributed by atoms with van der Waals surface area (Å²) in [5.74, 6) is 0.956. The monoisotopic (exact) mass is 349 g/mol. The van der Waals surface area contributed by atoms with Crippen LogP contribution in [0.1, 0.15) is 52.1 Å². The molecule has 2 aromatic rings. The number of hydrogen-bond donors (Lipinski definition) is 1. The number of benzene rings is 1. The third-order valence-electron chi connectivity index (χ3n) is 4.63. The van der Waals surface area contributed by atoms with Crippen molar-refractivity contribution in [3.63, 3.8) is 0 Å². The Morgan fingerprint density at radius 2 is 1.48 bits per heavy atom. The van der Waals surface area contributed by atoms with Crippen LogP contribution in [0.5, 0.6) is 0 Å². The van der Waals surface area contributed by atoms with Crippen LogP contribution >= 0.6 is 15.9 Å². The fraction of sp³-hybridized carbons (Fsp3) is 0.444. The zero-order chi connectivity index (χ0) is 15.7. The van der Waals surface area contributed by atoms with E-state index in [4.69, 9.17) is 4.42 Å². The molecule has 1 atom stereocenters. The quantitative estimate of drug-likeness (QED) is 0.811. The highest BCUT2D eigenvalue weighted by atomic mass is 79.9. The zero-order valence-electron chi connectivity index (χ0n) is 13.7. The van der Waals surface area contributed by atoms with Crippen LogP contribution in [0.4, 0.5) is 0 Å². The lowest BCUT2D eigenvalue weighted by Gasteiger charge is -2.25. The maximum absolute atomic E-state index is 5.83. The summed E-state index contributed by atoms with van der Waals surface area (Å²) in [7, 11) is 0. The van der Waals surface area contributed by atoms with Gasteiger partial charge >= 0.3 is 0 Å². The molecule has 114 valence electrons. The third kappa shape index (κ3) is 2.95. The van der Waals surface area contributed by atoms with Crippen LogP contribution in [0.25, 0.3) is 0 Å². The molecule has 3 heteroatoms. The number of nitrogens with one attached hydrogen (secondary N) is 1. The lowest BCUT2D eigenvalue weighted by Crippen LogP contribution is -2.24. The van der Waals surface area contributed by atoms with Gasteiger partial charge < -0.3 is 9.73 Å². The Kier molecular flexibility index (Phi) is 4.95. The topological polar surface area (TPSA) is 25.2 Å². The van der Waals surface area contributed by atoms with E-state index < -0.39 is 0 Å². The van der Waals surface area contributed by atoms with Gasteiger partial charge in [-0.2, -0.15) is 0 Å². The van der Waals surface area contributed by atoms with E-state index in [0.29, 0.717) is 0 Å². The third-order valence-corrected chi connectivity index (χ3v) is 5.06. The molecule has 0 aliphatic carbocycles. The van der Waals surface area contributed by atoms with Gasteiger partial charge in [-0.3, -0.25) is 0 Å². The summed E-state index contributed by atoms with van der Waals surface area (Å²) < 4.78 is 6.60. The molecule has 21 heavy (non-hydrogen) atoms. The van der Waals surface area contributed by atoms with Gasteiger partial charge in [-0.15, -0.1) is 0 Å². The van der Waals surface area contributed by atoms with Crippen LogP contribution in [0, 0.1) is 34.6 Å². The van der Waals surface area contributed by atoms with Gasteiger partial charge in [-0.1, -0.05) is 6.92 Å². The van der Waals surface area contributed by atoms with E-state index in [9.17, 15) is 0 Å². The van der Waals surface area contributed by atoms with Crippen molar-refractivity contribution in [2.45, 2.75) is 47.6 Å². The molecule has 0 fully saturated rings. The van der Waals surface area contributed by atoms with Gasteiger partial charge in [0, 0.05) is 0 Å². The summed E-state index contributed by atoms with van der Waals surface area (Å²) >= 11 is 3.41. The van der Waals surface area contributed by atoms with Crippen molar-refractivity contribution >= 4 is 15.9 Å². The second-order valence-electron chi connectivity index (χ2n) is 5.67. The summed E-state index contributed by atoms with van der Waals surface area (Å²) in [5.41, 5.74) is 8.20. The molecule has 1 unspecified atom stereocenters. The average Bonchev–Trinajstić information content (AvgIpc) is 2.88. The molecule has 0 saturated heterocycles. The molecular weight excluding hydrogens is 326 g/mol. The first-order chi connectivity index (χ1) is 9.88. The van der Waals surface area contributed by atoms with Crippen molar-refractivity contribution in [2.24, 2.45) is 0 Å².